The normalized spacial score (nSPS) is 1.33. The number of hydrogen-bond acceptors (Lipinski definition) is 0. The fourth-order valence-corrected chi connectivity index (χ4v) is 0. The summed E-state index contributed by atoms with van der Waals surface area (Å²) < 4.78 is 37.5. The van der Waals surface area contributed by atoms with E-state index in [1.54, 1.807) is 0 Å². The van der Waals surface area contributed by atoms with E-state index in [2.05, 4.69) is 46.0 Å². The van der Waals surface area contributed by atoms with Crippen LogP contribution in [0.4, 0.5) is 0 Å². The topological polar surface area (TPSA) is 99.5 Å². The summed E-state index contributed by atoms with van der Waals surface area (Å²) >= 11 is 4.87. The Morgan fingerprint density at radius 3 is 0.500 bits per heavy atom. The summed E-state index contributed by atoms with van der Waals surface area (Å²) in [5.41, 5.74) is 0. The van der Waals surface area contributed by atoms with Gasteiger partial charge in [0.05, 0.1) is 0 Å². The molecule has 0 atom stereocenters. The van der Waals surface area contributed by atoms with Gasteiger partial charge in [0.25, 0.3) is 0 Å². The number of hydrogen-bond donors (Lipinski definition) is 0. The molecule has 0 aromatic rings. The molecule has 0 fully saturated rings. The summed E-state index contributed by atoms with van der Waals surface area (Å²) in [6.45, 7) is 22.5. The molecule has 0 aromatic carbocycles. The summed E-state index contributed by atoms with van der Waals surface area (Å²) in [7, 11) is 0. The first-order valence-electron chi connectivity index (χ1n) is 1.16. The van der Waals surface area contributed by atoms with E-state index in [-0.39, 0.29) is 0 Å². The molecule has 0 heterocycles. The molecule has 0 N–H and O–H groups in total. The van der Waals surface area contributed by atoms with Gasteiger partial charge in [-0.3, -0.25) is 0 Å². The van der Waals surface area contributed by atoms with Crippen LogP contribution in [0.1, 0.15) is 0 Å². The van der Waals surface area contributed by atoms with Crippen LogP contribution in [0, 0.1) is 33.3 Å². The molecule has 12 heavy (non-hydrogen) atoms. The first-order valence-corrected chi connectivity index (χ1v) is 4.97. The van der Waals surface area contributed by atoms with Gasteiger partial charge in [0.2, 0.25) is 0 Å². The van der Waals surface area contributed by atoms with E-state index in [0.717, 1.165) is 0 Å². The standard InChI is InChI=1S/5CO.HI.Mn/c5*1-2;;/h;;;;;1H;/q;;;;;;+1/p-1. The third kappa shape index (κ3) is 312000. The van der Waals surface area contributed by atoms with Gasteiger partial charge in [-0.25, -0.2) is 0 Å². The first-order chi connectivity index (χ1) is 6.00. The Bertz CT molecular complexity index is 78.4. The van der Waals surface area contributed by atoms with Crippen molar-refractivity contribution in [2.45, 2.75) is 0 Å². The average Bonchev–Trinajstić information content (AvgIpc) is 2.33. The van der Waals surface area contributed by atoms with Crippen molar-refractivity contribution >= 4 is 20.3 Å². The molecule has 0 saturated heterocycles. The second-order valence-corrected chi connectivity index (χ2v) is 0. The molecule has 0 bridgehead atoms. The zero-order valence-corrected chi connectivity index (χ0v) is 8.64. The van der Waals surface area contributed by atoms with Gasteiger partial charge in [-0.05, 0) is 0 Å². The Morgan fingerprint density at radius 2 is 0.500 bits per heavy atom. The maximum absolute atomic E-state index is 7.50. The van der Waals surface area contributed by atoms with Crippen LogP contribution in [0.3, 0.4) is 0 Å². The molecule has 0 aliphatic carbocycles. The third-order valence-corrected chi connectivity index (χ3v) is 0. The van der Waals surface area contributed by atoms with Crippen molar-refractivity contribution in [2.75, 3.05) is 0 Å². The Hall–Kier alpha value is -0.0505. The van der Waals surface area contributed by atoms with Crippen molar-refractivity contribution in [2.24, 2.45) is 0 Å². The Balaban J connectivity index is -0.00000000900. The van der Waals surface area contributed by atoms with Crippen molar-refractivity contribution < 1.29 is 36.0 Å². The van der Waals surface area contributed by atoms with E-state index >= 15 is 0 Å². The van der Waals surface area contributed by atoms with E-state index in [9.17, 15) is 0 Å². The van der Waals surface area contributed by atoms with E-state index in [1.165, 1.54) is 0 Å². The zero-order chi connectivity index (χ0) is 12.0. The fraction of sp³-hybridized carbons (Fsp3) is 0. The summed E-state index contributed by atoms with van der Waals surface area (Å²) in [4.78, 5) is 0. The van der Waals surface area contributed by atoms with E-state index in [1.807, 2.05) is 20.3 Å². The predicted molar refractivity (Wildman–Crippen MR) is 33.7 cm³/mol. The molecular weight excluding hydrogens is 322 g/mol. The van der Waals surface area contributed by atoms with Gasteiger partial charge in [-0.2, -0.15) is 0 Å². The number of rotatable bonds is 0. The van der Waals surface area contributed by atoms with E-state index < -0.39 is 0 Å². The molecule has 0 spiro atoms. The Kier molecular flexibility index (Phi) is 1430000. The molecule has 0 unspecified atom stereocenters. The van der Waals surface area contributed by atoms with Crippen molar-refractivity contribution in [3.8, 4) is 0 Å². The van der Waals surface area contributed by atoms with Crippen molar-refractivity contribution in [3.05, 3.63) is 33.3 Å². The predicted octanol–water partition coefficient (Wildman–Crippen LogP) is 0.696. The molecule has 7 heteroatoms. The molecule has 5 nitrogen and oxygen atoms in total. The average molecular weight is 322 g/mol. The van der Waals surface area contributed by atoms with E-state index in [0.29, 0.717) is 0 Å². The molecule has 0 aliphatic heterocycles. The molecule has 0 amide bonds. The second-order valence-electron chi connectivity index (χ2n) is 0. The van der Waals surface area contributed by atoms with E-state index in [4.69, 9.17) is 23.3 Å². The Morgan fingerprint density at radius 1 is 0.500 bits per heavy atom. The van der Waals surface area contributed by atoms with Crippen LogP contribution in [0.15, 0.2) is 0 Å². The molecule has 0 rings (SSSR count). The van der Waals surface area contributed by atoms with Crippen LogP contribution in [0.5, 0.6) is 0 Å². The number of halogens is 1. The van der Waals surface area contributed by atoms with Crippen LogP contribution < -0.4 is 0 Å². The summed E-state index contributed by atoms with van der Waals surface area (Å²) in [5, 5.41) is 0. The molecule has 64 valence electrons. The van der Waals surface area contributed by atoms with Gasteiger partial charge in [-0.15, -0.1) is 0 Å². The summed E-state index contributed by atoms with van der Waals surface area (Å²) in [6, 6.07) is 0. The van der Waals surface area contributed by atoms with Gasteiger partial charge in [0.15, 0.2) is 0 Å². The van der Waals surface area contributed by atoms with Crippen molar-refractivity contribution in [1.29, 1.82) is 0 Å². The van der Waals surface area contributed by atoms with Crippen LogP contribution >= 0.6 is 20.3 Å². The van der Waals surface area contributed by atoms with Gasteiger partial charge >= 0.3 is 89.6 Å². The fourth-order valence-electron chi connectivity index (χ4n) is 0. The SMILES string of the molecule is [C-]#[O+].[C-]#[O+].[C-]#[O+].[C-]#[O+].[C-]#[O+].[Mn][I]. The van der Waals surface area contributed by atoms with Gasteiger partial charge in [0, 0.05) is 0 Å². The van der Waals surface area contributed by atoms with Gasteiger partial charge in [-0.1, -0.05) is 0 Å². The Labute approximate surface area is 89.4 Å². The molecule has 0 radical (unpaired) electrons. The molecular formula is C5IMnO5. The van der Waals surface area contributed by atoms with Crippen LogP contribution in [-0.2, 0) is 36.0 Å². The molecule has 0 aromatic heterocycles. The van der Waals surface area contributed by atoms with Gasteiger partial charge in [0.1, 0.15) is 0 Å². The van der Waals surface area contributed by atoms with Crippen LogP contribution in [-0.4, -0.2) is 0 Å². The quantitative estimate of drug-likeness (QED) is 0.271. The van der Waals surface area contributed by atoms with Crippen molar-refractivity contribution in [1.82, 2.24) is 0 Å². The maximum atomic E-state index is 7.50. The monoisotopic (exact) mass is 322 g/mol. The van der Waals surface area contributed by atoms with Crippen molar-refractivity contribution in [3.63, 3.8) is 0 Å². The summed E-state index contributed by atoms with van der Waals surface area (Å²) in [6.07, 6.45) is 0. The molecule has 0 aliphatic rings. The van der Waals surface area contributed by atoms with Gasteiger partial charge < -0.3 is 0 Å². The first kappa shape index (κ1) is 40.5. The van der Waals surface area contributed by atoms with Crippen LogP contribution in [0.2, 0.25) is 0 Å². The minimum absolute atomic E-state index is 1.96. The molecule has 0 saturated carbocycles. The second kappa shape index (κ2) is 425000. The van der Waals surface area contributed by atoms with Crippen LogP contribution in [0.25, 0.3) is 0 Å². The minimum atomic E-state index is 1.96. The summed E-state index contributed by atoms with van der Waals surface area (Å²) in [5.74, 6) is 0. The third-order valence-electron chi connectivity index (χ3n) is 0. The zero-order valence-electron chi connectivity index (χ0n) is 5.30.